The Bertz CT molecular complexity index is 1110. The maximum atomic E-state index is 12.3. The van der Waals surface area contributed by atoms with E-state index in [9.17, 15) is 4.79 Å². The number of benzene rings is 2. The molecule has 0 atom stereocenters. The molecule has 0 aliphatic rings. The first kappa shape index (κ1) is 22.1. The fraction of sp³-hybridized carbons (Fsp3) is 0.182. The monoisotopic (exact) mass is 435 g/mol. The summed E-state index contributed by atoms with van der Waals surface area (Å²) in [6.45, 7) is 5.83. The number of hydrazone groups is 1. The summed E-state index contributed by atoms with van der Waals surface area (Å²) in [4.78, 5) is 12.3. The van der Waals surface area contributed by atoms with E-state index >= 15 is 0 Å². The lowest BCUT2D eigenvalue weighted by atomic mass is 10.1. The molecule has 0 saturated heterocycles. The van der Waals surface area contributed by atoms with E-state index in [0.717, 1.165) is 28.1 Å². The Morgan fingerprint density at radius 2 is 1.97 bits per heavy atom. The van der Waals surface area contributed by atoms with Crippen LogP contribution in [0.3, 0.4) is 0 Å². The Hall–Kier alpha value is -3.59. The van der Waals surface area contributed by atoms with Gasteiger partial charge in [0.2, 0.25) is 11.1 Å². The van der Waals surface area contributed by atoms with Gasteiger partial charge in [0.15, 0.2) is 0 Å². The molecule has 31 heavy (non-hydrogen) atoms. The van der Waals surface area contributed by atoms with E-state index < -0.39 is 0 Å². The number of aryl methyl sites for hydroxylation is 2. The van der Waals surface area contributed by atoms with Crippen LogP contribution < -0.4 is 16.6 Å². The minimum Gasteiger partial charge on any atom is -0.334 e. The molecule has 3 rings (SSSR count). The lowest BCUT2D eigenvalue weighted by Crippen LogP contribution is -2.17. The molecule has 3 aromatic rings. The molecule has 0 bridgehead atoms. The fourth-order valence-corrected chi connectivity index (χ4v) is 3.33. The topological polar surface area (TPSA) is 110 Å². The normalized spacial score (nSPS) is 11.6. The molecule has 160 valence electrons. The molecule has 0 spiro atoms. The van der Waals surface area contributed by atoms with Crippen molar-refractivity contribution in [3.8, 4) is 0 Å². The third-order valence-electron chi connectivity index (χ3n) is 4.30. The zero-order chi connectivity index (χ0) is 22.2. The van der Waals surface area contributed by atoms with Crippen LogP contribution in [0.15, 0.2) is 64.9 Å². The van der Waals surface area contributed by atoms with E-state index in [2.05, 4.69) is 26.0 Å². The Morgan fingerprint density at radius 3 is 2.71 bits per heavy atom. The van der Waals surface area contributed by atoms with Crippen molar-refractivity contribution in [2.45, 2.75) is 25.9 Å². The zero-order valence-electron chi connectivity index (χ0n) is 17.7. The molecule has 0 saturated carbocycles. The fourth-order valence-electron chi connectivity index (χ4n) is 2.68. The van der Waals surface area contributed by atoms with Gasteiger partial charge < -0.3 is 11.2 Å². The number of carbonyl (C=O) groups excluding carboxylic acids is 1. The minimum absolute atomic E-state index is 0.144. The summed E-state index contributed by atoms with van der Waals surface area (Å²) in [5.41, 5.74) is 7.58. The van der Waals surface area contributed by atoms with Gasteiger partial charge in [0.25, 0.3) is 5.95 Å². The largest absolute Gasteiger partial charge is 0.334 e. The summed E-state index contributed by atoms with van der Waals surface area (Å²) in [6.07, 6.45) is 3.84. The van der Waals surface area contributed by atoms with E-state index in [4.69, 9.17) is 5.84 Å². The standard InChI is InChI=1S/C22H25N7OS/c1-15-9-12-19(16(2)13-15)24-20(30)14-31-22-28-27-21(29(22)23)26-25-17(3)10-11-18-7-5-4-6-8-18/h4-13H,14,23H2,1-3H3,(H,24,30)(H,26,27)/b11-10+,25-17+. The number of amides is 1. The van der Waals surface area contributed by atoms with Gasteiger partial charge in [-0.1, -0.05) is 65.9 Å². The third-order valence-corrected chi connectivity index (χ3v) is 5.24. The summed E-state index contributed by atoms with van der Waals surface area (Å²) >= 11 is 1.20. The van der Waals surface area contributed by atoms with E-state index in [-0.39, 0.29) is 17.6 Å². The van der Waals surface area contributed by atoms with Crippen molar-refractivity contribution >= 4 is 41.1 Å². The van der Waals surface area contributed by atoms with Crippen LogP contribution in [0, 0.1) is 13.8 Å². The number of thioether (sulfide) groups is 1. The van der Waals surface area contributed by atoms with E-state index in [1.807, 2.05) is 81.5 Å². The van der Waals surface area contributed by atoms with Crippen molar-refractivity contribution < 1.29 is 4.79 Å². The van der Waals surface area contributed by atoms with Crippen molar-refractivity contribution in [1.82, 2.24) is 14.9 Å². The molecule has 0 aliphatic heterocycles. The predicted octanol–water partition coefficient (Wildman–Crippen LogP) is 3.84. The highest BCUT2D eigenvalue weighted by Crippen LogP contribution is 2.19. The summed E-state index contributed by atoms with van der Waals surface area (Å²) in [6, 6.07) is 15.8. The summed E-state index contributed by atoms with van der Waals surface area (Å²) in [5, 5.41) is 15.5. The number of aromatic nitrogens is 3. The number of nitrogen functional groups attached to an aromatic ring is 1. The van der Waals surface area contributed by atoms with Crippen LogP contribution in [0.1, 0.15) is 23.6 Å². The van der Waals surface area contributed by atoms with Gasteiger partial charge in [-0.05, 0) is 44.0 Å². The Kier molecular flexibility index (Phi) is 7.45. The molecule has 1 aromatic heterocycles. The average molecular weight is 436 g/mol. The van der Waals surface area contributed by atoms with E-state index in [1.165, 1.54) is 16.4 Å². The van der Waals surface area contributed by atoms with Crippen LogP contribution in [-0.4, -0.2) is 32.2 Å². The van der Waals surface area contributed by atoms with E-state index in [0.29, 0.717) is 5.16 Å². The van der Waals surface area contributed by atoms with Crippen LogP contribution in [0.25, 0.3) is 6.08 Å². The van der Waals surface area contributed by atoms with Crippen LogP contribution in [0.4, 0.5) is 11.6 Å². The maximum absolute atomic E-state index is 12.3. The Balaban J connectivity index is 1.53. The summed E-state index contributed by atoms with van der Waals surface area (Å²) in [7, 11) is 0. The Labute approximate surface area is 185 Å². The number of allylic oxidation sites excluding steroid dienone is 1. The second kappa shape index (κ2) is 10.4. The van der Waals surface area contributed by atoms with Crippen LogP contribution in [-0.2, 0) is 4.79 Å². The first-order valence-electron chi connectivity index (χ1n) is 9.66. The highest BCUT2D eigenvalue weighted by atomic mass is 32.2. The molecule has 8 nitrogen and oxygen atoms in total. The summed E-state index contributed by atoms with van der Waals surface area (Å²) in [5.74, 6) is 6.32. The van der Waals surface area contributed by atoms with Gasteiger partial charge in [-0.25, -0.2) is 10.1 Å². The van der Waals surface area contributed by atoms with Gasteiger partial charge in [0.1, 0.15) is 0 Å². The van der Waals surface area contributed by atoms with Crippen LogP contribution in [0.5, 0.6) is 0 Å². The van der Waals surface area contributed by atoms with Crippen LogP contribution >= 0.6 is 11.8 Å². The smallest absolute Gasteiger partial charge is 0.264 e. The number of hydrogen-bond donors (Lipinski definition) is 3. The van der Waals surface area contributed by atoms with Gasteiger partial charge in [-0.15, -0.1) is 10.2 Å². The highest BCUT2D eigenvalue weighted by molar-refractivity contribution is 7.99. The second-order valence-corrected chi connectivity index (χ2v) is 7.88. The number of nitrogens with zero attached hydrogens (tertiary/aromatic N) is 4. The molecule has 1 amide bonds. The second-order valence-electron chi connectivity index (χ2n) is 6.94. The third kappa shape index (κ3) is 6.45. The number of nitrogens with one attached hydrogen (secondary N) is 2. The number of hydrogen-bond acceptors (Lipinski definition) is 7. The zero-order valence-corrected chi connectivity index (χ0v) is 18.5. The van der Waals surface area contributed by atoms with Gasteiger partial charge in [-0.3, -0.25) is 4.79 Å². The number of anilines is 2. The van der Waals surface area contributed by atoms with Crippen molar-refractivity contribution in [1.29, 1.82) is 0 Å². The number of nitrogens with two attached hydrogens (primary N) is 1. The number of rotatable bonds is 8. The molecule has 0 aliphatic carbocycles. The average Bonchev–Trinajstić information content (AvgIpc) is 3.11. The van der Waals surface area contributed by atoms with Crippen LogP contribution in [0.2, 0.25) is 0 Å². The molecule has 4 N–H and O–H groups in total. The quantitative estimate of drug-likeness (QED) is 0.215. The first-order valence-corrected chi connectivity index (χ1v) is 10.6. The van der Waals surface area contributed by atoms with Crippen molar-refractivity contribution in [3.05, 3.63) is 71.3 Å². The summed E-state index contributed by atoms with van der Waals surface area (Å²) < 4.78 is 1.27. The maximum Gasteiger partial charge on any atom is 0.264 e. The molecule has 0 unspecified atom stereocenters. The molecule has 2 aromatic carbocycles. The lowest BCUT2D eigenvalue weighted by molar-refractivity contribution is -0.113. The molecule has 0 fully saturated rings. The van der Waals surface area contributed by atoms with Gasteiger partial charge in [0, 0.05) is 5.69 Å². The van der Waals surface area contributed by atoms with Gasteiger partial charge in [0.05, 0.1) is 11.5 Å². The lowest BCUT2D eigenvalue weighted by Gasteiger charge is -2.09. The number of carbonyl (C=O) groups is 1. The van der Waals surface area contributed by atoms with Crippen molar-refractivity contribution in [2.24, 2.45) is 5.10 Å². The molecule has 0 radical (unpaired) electrons. The molecular weight excluding hydrogens is 410 g/mol. The highest BCUT2D eigenvalue weighted by Gasteiger charge is 2.12. The molecule has 9 heteroatoms. The van der Waals surface area contributed by atoms with Gasteiger partial charge >= 0.3 is 0 Å². The first-order chi connectivity index (χ1) is 14.9. The predicted molar refractivity (Wildman–Crippen MR) is 128 cm³/mol. The minimum atomic E-state index is -0.144. The molecule has 1 heterocycles. The Morgan fingerprint density at radius 1 is 1.19 bits per heavy atom. The molecular formula is C22H25N7OS. The van der Waals surface area contributed by atoms with Gasteiger partial charge in [-0.2, -0.15) is 5.10 Å². The van der Waals surface area contributed by atoms with Crippen molar-refractivity contribution in [3.63, 3.8) is 0 Å². The van der Waals surface area contributed by atoms with E-state index in [1.54, 1.807) is 0 Å². The van der Waals surface area contributed by atoms with Crippen molar-refractivity contribution in [2.75, 3.05) is 22.3 Å². The SMILES string of the molecule is CC(/C=C/c1ccccc1)=N\Nc1nnc(SCC(=O)Nc2ccc(C)cc2C)n1N.